The fourth-order valence-electron chi connectivity index (χ4n) is 13.0. The molecule has 4 N–H and O–H groups in total. The first-order valence-corrected chi connectivity index (χ1v) is 33.8. The third-order valence-corrected chi connectivity index (χ3v) is 27.6. The first-order chi connectivity index (χ1) is 33.8. The van der Waals surface area contributed by atoms with Crippen molar-refractivity contribution in [2.24, 2.45) is 0 Å². The summed E-state index contributed by atoms with van der Waals surface area (Å²) in [6.45, 7) is 0. The van der Waals surface area contributed by atoms with Gasteiger partial charge >= 0.3 is 0 Å². The van der Waals surface area contributed by atoms with Crippen molar-refractivity contribution in [3.8, 4) is 0 Å². The molecule has 4 nitrogen and oxygen atoms in total. The van der Waals surface area contributed by atoms with Gasteiger partial charge in [-0.3, -0.25) is 20.3 Å². The fraction of sp³-hybridized carbons (Fsp3) is 0.600. The van der Waals surface area contributed by atoms with Crippen LogP contribution in [0.5, 0.6) is 0 Å². The minimum Gasteiger partial charge on any atom is -0.291 e. The summed E-state index contributed by atoms with van der Waals surface area (Å²) in [6.07, 6.45) is 41.3. The Morgan fingerprint density at radius 1 is 0.235 bits per heavy atom. The summed E-state index contributed by atoms with van der Waals surface area (Å²) in [7, 11) is -1.20. The lowest BCUT2D eigenvalue weighted by Gasteiger charge is -2.46. The Morgan fingerprint density at radius 2 is 0.441 bits per heavy atom. The predicted molar refractivity (Wildman–Crippen MR) is 304 cm³/mol. The number of rotatable bonds is 16. The van der Waals surface area contributed by atoms with Crippen LogP contribution in [0.1, 0.15) is 180 Å². The van der Waals surface area contributed by atoms with E-state index in [1.54, 1.807) is 0 Å². The van der Waals surface area contributed by atoms with Gasteiger partial charge < -0.3 is 0 Å². The second-order valence-electron chi connectivity index (χ2n) is 21.5. The van der Waals surface area contributed by atoms with Gasteiger partial charge in [0, 0.05) is 40.3 Å². The molecule has 0 spiro atoms. The molecular weight excluding hydrogens is 901 g/mol. The van der Waals surface area contributed by atoms with Gasteiger partial charge in [0.25, 0.3) is 0 Å². The molecular formula is C60H88N4P4. The fourth-order valence-corrected chi connectivity index (χ4v) is 24.4. The molecule has 0 heterocycles. The molecule has 6 aliphatic rings. The second kappa shape index (κ2) is 28.0. The van der Waals surface area contributed by atoms with Gasteiger partial charge in [-0.2, -0.15) is 0 Å². The maximum atomic E-state index is 4.57. The molecule has 8 heteroatoms. The number of benzene rings is 4. The molecule has 68 heavy (non-hydrogen) atoms. The summed E-state index contributed by atoms with van der Waals surface area (Å²) in [4.78, 5) is 0. The van der Waals surface area contributed by atoms with Crippen LogP contribution >= 0.6 is 32.3 Å². The van der Waals surface area contributed by atoms with Crippen molar-refractivity contribution in [2.45, 2.75) is 227 Å². The maximum Gasteiger partial charge on any atom is 0.0266 e. The molecule has 0 radical (unpaired) electrons. The highest BCUT2D eigenvalue weighted by Gasteiger charge is 2.39. The van der Waals surface area contributed by atoms with Gasteiger partial charge in [0.15, 0.2) is 0 Å². The van der Waals surface area contributed by atoms with E-state index < -0.39 is 16.1 Å². The first-order valence-electron chi connectivity index (χ1n) is 28.2. The number of hydrogen-bond acceptors (Lipinski definition) is 4. The average Bonchev–Trinajstić information content (AvgIpc) is 3.43. The molecule has 368 valence electrons. The molecule has 0 saturated heterocycles. The zero-order valence-corrected chi connectivity index (χ0v) is 45.3. The SMILES string of the molecule is C1CCC(P(NC2CCCCC2NP(C2CCCCC2)C2CCCCC2)C2CCCCC2)CC1.c1ccc(P(NC2CCCCC2NP(c2ccccc2)c2ccccc2)c2ccccc2)cc1. The summed E-state index contributed by atoms with van der Waals surface area (Å²) >= 11 is 0. The Bertz CT molecular complexity index is 1690. The van der Waals surface area contributed by atoms with Crippen LogP contribution in [0.2, 0.25) is 0 Å². The van der Waals surface area contributed by atoms with Gasteiger partial charge in [0.1, 0.15) is 0 Å². The molecule has 6 saturated carbocycles. The van der Waals surface area contributed by atoms with E-state index in [0.717, 1.165) is 34.7 Å². The summed E-state index contributed by atoms with van der Waals surface area (Å²) < 4.78 is 0. The van der Waals surface area contributed by atoms with Crippen molar-refractivity contribution in [3.05, 3.63) is 121 Å². The number of hydrogen-bond donors (Lipinski definition) is 4. The minimum absolute atomic E-state index is 0.0168. The lowest BCUT2D eigenvalue weighted by molar-refractivity contribution is 0.342. The average molecular weight is 989 g/mol. The van der Waals surface area contributed by atoms with Gasteiger partial charge in [-0.05, 0) is 137 Å². The molecule has 0 aromatic heterocycles. The quantitative estimate of drug-likeness (QED) is 0.0845. The van der Waals surface area contributed by atoms with E-state index in [9.17, 15) is 0 Å². The highest BCUT2D eigenvalue weighted by molar-refractivity contribution is 7.71. The van der Waals surface area contributed by atoms with E-state index in [0.29, 0.717) is 12.1 Å². The maximum absolute atomic E-state index is 4.57. The third-order valence-electron chi connectivity index (χ3n) is 16.7. The van der Waals surface area contributed by atoms with Crippen LogP contribution in [0, 0.1) is 0 Å². The molecule has 4 aromatic carbocycles. The molecule has 0 aliphatic heterocycles. The van der Waals surface area contributed by atoms with Gasteiger partial charge in [-0.1, -0.05) is 224 Å². The standard InChI is InChI=1S/C30H56N2P2.C30H32N2P2/c2*1-5-15-25(16-6-1)33(26-17-7-2-8-18-26)31-29-23-13-14-24-30(29)32-34(27-19-9-3-10-20-27)28-21-11-4-12-22-28/h25-32H,1-24H2;1-12,15-22,29-32H,13-14,23-24H2. The molecule has 6 fully saturated rings. The van der Waals surface area contributed by atoms with Crippen molar-refractivity contribution < 1.29 is 0 Å². The Labute approximate surface area is 419 Å². The summed E-state index contributed by atoms with van der Waals surface area (Å²) in [5.74, 6) is 0. The predicted octanol–water partition coefficient (Wildman–Crippen LogP) is 15.2. The molecule has 6 aliphatic carbocycles. The summed E-state index contributed by atoms with van der Waals surface area (Å²) in [5, 5.41) is 23.0. The van der Waals surface area contributed by atoms with E-state index in [2.05, 4.69) is 142 Å². The van der Waals surface area contributed by atoms with E-state index >= 15 is 0 Å². The molecule has 0 bridgehead atoms. The van der Waals surface area contributed by atoms with Crippen molar-refractivity contribution in [3.63, 3.8) is 0 Å². The Morgan fingerprint density at radius 3 is 0.676 bits per heavy atom. The second-order valence-corrected chi connectivity index (χ2v) is 30.5. The van der Waals surface area contributed by atoms with Crippen LogP contribution in [0.25, 0.3) is 0 Å². The topological polar surface area (TPSA) is 48.1 Å². The highest BCUT2D eigenvalue weighted by atomic mass is 31.1. The van der Waals surface area contributed by atoms with E-state index in [1.807, 2.05) is 0 Å². The molecule has 4 aromatic rings. The van der Waals surface area contributed by atoms with E-state index in [4.69, 9.17) is 0 Å². The molecule has 4 unspecified atom stereocenters. The Kier molecular flexibility index (Phi) is 21.2. The van der Waals surface area contributed by atoms with Gasteiger partial charge in [0.05, 0.1) is 0 Å². The monoisotopic (exact) mass is 989 g/mol. The van der Waals surface area contributed by atoms with Crippen LogP contribution in [-0.2, 0) is 0 Å². The van der Waals surface area contributed by atoms with Gasteiger partial charge in [0.2, 0.25) is 0 Å². The zero-order chi connectivity index (χ0) is 46.0. The van der Waals surface area contributed by atoms with Gasteiger partial charge in [-0.15, -0.1) is 0 Å². The Hall–Kier alpha value is -1.56. The van der Waals surface area contributed by atoms with E-state index in [-0.39, 0.29) is 16.1 Å². The number of nitrogens with one attached hydrogen (secondary N) is 4. The molecule has 4 atom stereocenters. The lowest BCUT2D eigenvalue weighted by Crippen LogP contribution is -2.50. The van der Waals surface area contributed by atoms with Crippen molar-refractivity contribution in [1.82, 2.24) is 20.3 Å². The smallest absolute Gasteiger partial charge is 0.0266 e. The largest absolute Gasteiger partial charge is 0.291 e. The first kappa shape index (κ1) is 51.3. The minimum atomic E-state index is -0.617. The van der Waals surface area contributed by atoms with Crippen molar-refractivity contribution in [2.75, 3.05) is 0 Å². The van der Waals surface area contributed by atoms with Crippen LogP contribution < -0.4 is 41.6 Å². The van der Waals surface area contributed by atoms with Crippen LogP contribution in [0.3, 0.4) is 0 Å². The van der Waals surface area contributed by atoms with Crippen LogP contribution in [-0.4, -0.2) is 46.8 Å². The normalized spacial score (nSPS) is 25.1. The van der Waals surface area contributed by atoms with Crippen molar-refractivity contribution in [1.29, 1.82) is 0 Å². The molecule has 0 amide bonds. The van der Waals surface area contributed by atoms with Crippen LogP contribution in [0.15, 0.2) is 121 Å². The Balaban J connectivity index is 0.000000170. The van der Waals surface area contributed by atoms with Crippen LogP contribution in [0.4, 0.5) is 0 Å². The highest BCUT2D eigenvalue weighted by Crippen LogP contribution is 2.56. The third kappa shape index (κ3) is 14.8. The summed E-state index contributed by atoms with van der Waals surface area (Å²) in [6, 6.07) is 46.4. The van der Waals surface area contributed by atoms with Crippen molar-refractivity contribution >= 4 is 53.5 Å². The van der Waals surface area contributed by atoms with Gasteiger partial charge in [-0.25, -0.2) is 0 Å². The summed E-state index contributed by atoms with van der Waals surface area (Å²) in [5.41, 5.74) is 4.14. The van der Waals surface area contributed by atoms with E-state index in [1.165, 1.54) is 201 Å². The lowest BCUT2D eigenvalue weighted by atomic mass is 9.92. The molecule has 10 rings (SSSR count). The zero-order valence-electron chi connectivity index (χ0n) is 41.8.